The Hall–Kier alpha value is -3.41. The zero-order chi connectivity index (χ0) is 46.5. The minimum Gasteiger partial charge on any atom is -0.462 e. The second-order valence-electron chi connectivity index (χ2n) is 17.4. The minimum absolute atomic E-state index is 0.101. The van der Waals surface area contributed by atoms with Gasteiger partial charge in [-0.15, -0.1) is 0 Å². The van der Waals surface area contributed by atoms with Crippen molar-refractivity contribution in [3.05, 3.63) is 85.1 Å². The number of hydrogen-bond donors (Lipinski definition) is 0. The van der Waals surface area contributed by atoms with E-state index in [0.29, 0.717) is 19.3 Å². The number of carbonyl (C=O) groups is 3. The molecule has 0 bridgehead atoms. The zero-order valence-corrected chi connectivity index (χ0v) is 41.8. The molecule has 0 aliphatic carbocycles. The van der Waals surface area contributed by atoms with Crippen LogP contribution < -0.4 is 0 Å². The van der Waals surface area contributed by atoms with E-state index < -0.39 is 6.10 Å². The van der Waals surface area contributed by atoms with Gasteiger partial charge in [-0.25, -0.2) is 0 Å². The van der Waals surface area contributed by atoms with Crippen molar-refractivity contribution in [1.82, 2.24) is 0 Å². The largest absolute Gasteiger partial charge is 0.462 e. The molecule has 0 aliphatic rings. The molecule has 0 aromatic heterocycles. The average molecular weight is 891 g/mol. The summed E-state index contributed by atoms with van der Waals surface area (Å²) in [4.78, 5) is 38.0. The van der Waals surface area contributed by atoms with Crippen LogP contribution in [0.1, 0.15) is 245 Å². The molecule has 0 saturated carbocycles. The highest BCUT2D eigenvalue weighted by Gasteiger charge is 2.19. The minimum atomic E-state index is -0.805. The smallest absolute Gasteiger partial charge is 0.306 e. The lowest BCUT2D eigenvalue weighted by Gasteiger charge is -2.18. The number of allylic oxidation sites excluding steroid dienone is 14. The predicted octanol–water partition coefficient (Wildman–Crippen LogP) is 17.6. The van der Waals surface area contributed by atoms with Gasteiger partial charge in [0, 0.05) is 19.3 Å². The highest BCUT2D eigenvalue weighted by molar-refractivity contribution is 5.71. The number of esters is 3. The molecule has 0 spiro atoms. The molecule has 0 N–H and O–H groups in total. The van der Waals surface area contributed by atoms with Crippen LogP contribution in [0.2, 0.25) is 0 Å². The van der Waals surface area contributed by atoms with Crippen molar-refractivity contribution in [3.63, 3.8) is 0 Å². The van der Waals surface area contributed by atoms with Gasteiger partial charge >= 0.3 is 17.9 Å². The molecular formula is C58H98O6. The summed E-state index contributed by atoms with van der Waals surface area (Å²) in [6, 6.07) is 0. The zero-order valence-electron chi connectivity index (χ0n) is 41.8. The lowest BCUT2D eigenvalue weighted by atomic mass is 10.1. The first-order chi connectivity index (χ1) is 31.5. The first-order valence-corrected chi connectivity index (χ1v) is 26.6. The van der Waals surface area contributed by atoms with Gasteiger partial charge in [0.15, 0.2) is 6.10 Å². The van der Waals surface area contributed by atoms with Crippen molar-refractivity contribution >= 4 is 17.9 Å². The number of rotatable bonds is 47. The summed E-state index contributed by atoms with van der Waals surface area (Å²) < 4.78 is 16.8. The van der Waals surface area contributed by atoms with E-state index in [0.717, 1.165) is 96.3 Å². The maximum atomic E-state index is 12.8. The second-order valence-corrected chi connectivity index (χ2v) is 17.4. The van der Waals surface area contributed by atoms with Gasteiger partial charge < -0.3 is 14.2 Å². The van der Waals surface area contributed by atoms with Crippen LogP contribution in [0.5, 0.6) is 0 Å². The molecule has 6 heteroatoms. The van der Waals surface area contributed by atoms with Crippen LogP contribution in [0.25, 0.3) is 0 Å². The molecule has 0 aromatic carbocycles. The van der Waals surface area contributed by atoms with E-state index in [4.69, 9.17) is 14.2 Å². The monoisotopic (exact) mass is 891 g/mol. The van der Waals surface area contributed by atoms with Crippen LogP contribution in [0, 0.1) is 0 Å². The molecule has 0 heterocycles. The fraction of sp³-hybridized carbons (Fsp3) is 0.707. The third kappa shape index (κ3) is 49.6. The maximum absolute atomic E-state index is 12.8. The highest BCUT2D eigenvalue weighted by Crippen LogP contribution is 2.13. The molecule has 0 unspecified atom stereocenters. The standard InChI is InChI=1S/C58H98O6/c1-4-7-10-13-16-19-22-25-27-28-29-30-32-33-36-39-42-45-48-51-57(60)63-54-55(53-62-56(59)50-47-44-41-38-35-24-21-18-15-12-9-6-3)64-58(61)52-49-46-43-40-37-34-31-26-23-20-17-14-11-8-5-2/h16-21,25-27,29-31,37,40,55H,4-15,22-24,28,32-36,38-39,41-54H2,1-3H3/b19-16-,20-17-,21-18-,27-25-,30-29-,31-26-,40-37-/t55-/m1/s1. The third-order valence-corrected chi connectivity index (χ3v) is 11.1. The lowest BCUT2D eigenvalue weighted by molar-refractivity contribution is -0.167. The molecular weight excluding hydrogens is 793 g/mol. The highest BCUT2D eigenvalue weighted by atomic mass is 16.6. The summed E-state index contributed by atoms with van der Waals surface area (Å²) in [5.41, 5.74) is 0. The van der Waals surface area contributed by atoms with Gasteiger partial charge in [-0.1, -0.05) is 189 Å². The Bertz CT molecular complexity index is 1250. The summed E-state index contributed by atoms with van der Waals surface area (Å²) in [6.45, 7) is 6.50. The van der Waals surface area contributed by atoms with E-state index in [9.17, 15) is 14.4 Å². The van der Waals surface area contributed by atoms with Gasteiger partial charge in [0.2, 0.25) is 0 Å². The van der Waals surface area contributed by atoms with Crippen LogP contribution in [0.4, 0.5) is 0 Å². The quantitative estimate of drug-likeness (QED) is 0.0262. The summed E-state index contributed by atoms with van der Waals surface area (Å²) in [6.07, 6.45) is 67.1. The molecule has 0 radical (unpaired) electrons. The normalized spacial score (nSPS) is 12.7. The summed E-state index contributed by atoms with van der Waals surface area (Å²) in [7, 11) is 0. The van der Waals surface area contributed by atoms with Gasteiger partial charge in [0.05, 0.1) is 0 Å². The molecule has 0 saturated heterocycles. The molecule has 0 aliphatic heterocycles. The van der Waals surface area contributed by atoms with Crippen LogP contribution in [0.15, 0.2) is 85.1 Å². The Kier molecular flexibility index (Phi) is 49.4. The number of ether oxygens (including phenoxy) is 3. The first kappa shape index (κ1) is 60.6. The topological polar surface area (TPSA) is 78.9 Å². The Labute approximate surface area is 395 Å². The molecule has 64 heavy (non-hydrogen) atoms. The first-order valence-electron chi connectivity index (χ1n) is 26.6. The Morgan fingerprint density at radius 1 is 0.312 bits per heavy atom. The number of hydrogen-bond acceptors (Lipinski definition) is 6. The molecule has 6 nitrogen and oxygen atoms in total. The van der Waals surface area contributed by atoms with Crippen molar-refractivity contribution in [2.75, 3.05) is 13.2 Å². The fourth-order valence-corrected chi connectivity index (χ4v) is 7.04. The van der Waals surface area contributed by atoms with Gasteiger partial charge in [-0.3, -0.25) is 14.4 Å². The van der Waals surface area contributed by atoms with Gasteiger partial charge in [-0.2, -0.15) is 0 Å². The average Bonchev–Trinajstić information content (AvgIpc) is 3.29. The summed E-state index contributed by atoms with van der Waals surface area (Å²) in [5.74, 6) is -0.962. The number of unbranched alkanes of at least 4 members (excludes halogenated alkanes) is 22. The Morgan fingerprint density at radius 3 is 0.922 bits per heavy atom. The molecule has 0 rings (SSSR count). The summed E-state index contributed by atoms with van der Waals surface area (Å²) >= 11 is 0. The van der Waals surface area contributed by atoms with Crippen molar-refractivity contribution in [3.8, 4) is 0 Å². The van der Waals surface area contributed by atoms with Gasteiger partial charge in [-0.05, 0) is 122 Å². The SMILES string of the molecule is CCCCC/C=C\C/C=C\C/C=C\CCCCCCCCC(=O)OC[C@@H](COC(=O)CCCCCCC/C=C\CCCCC)OC(=O)CCCC/C=C\C/C=C\C/C=C\CCCCC. The van der Waals surface area contributed by atoms with Crippen LogP contribution in [0.3, 0.4) is 0 Å². The van der Waals surface area contributed by atoms with Crippen molar-refractivity contribution in [2.45, 2.75) is 252 Å². The van der Waals surface area contributed by atoms with Crippen LogP contribution in [-0.4, -0.2) is 37.2 Å². The molecule has 0 fully saturated rings. The molecule has 1 atom stereocenters. The van der Waals surface area contributed by atoms with Crippen molar-refractivity contribution in [2.24, 2.45) is 0 Å². The van der Waals surface area contributed by atoms with Crippen LogP contribution in [-0.2, 0) is 28.6 Å². The van der Waals surface area contributed by atoms with E-state index in [-0.39, 0.29) is 37.5 Å². The fourth-order valence-electron chi connectivity index (χ4n) is 7.04. The second kappa shape index (κ2) is 52.2. The Balaban J connectivity index is 4.46. The Morgan fingerprint density at radius 2 is 0.562 bits per heavy atom. The molecule has 0 aromatic rings. The molecule has 0 amide bonds. The predicted molar refractivity (Wildman–Crippen MR) is 274 cm³/mol. The van der Waals surface area contributed by atoms with Gasteiger partial charge in [0.25, 0.3) is 0 Å². The van der Waals surface area contributed by atoms with Crippen molar-refractivity contribution < 1.29 is 28.6 Å². The maximum Gasteiger partial charge on any atom is 0.306 e. The van der Waals surface area contributed by atoms with E-state index >= 15 is 0 Å². The number of carbonyl (C=O) groups excluding carboxylic acids is 3. The summed E-state index contributed by atoms with van der Waals surface area (Å²) in [5, 5.41) is 0. The lowest BCUT2D eigenvalue weighted by Crippen LogP contribution is -2.30. The van der Waals surface area contributed by atoms with E-state index in [1.165, 1.54) is 103 Å². The van der Waals surface area contributed by atoms with E-state index in [1.807, 2.05) is 0 Å². The van der Waals surface area contributed by atoms with E-state index in [1.54, 1.807) is 0 Å². The van der Waals surface area contributed by atoms with Crippen LogP contribution >= 0.6 is 0 Å². The van der Waals surface area contributed by atoms with Gasteiger partial charge in [0.1, 0.15) is 13.2 Å². The van der Waals surface area contributed by atoms with Crippen molar-refractivity contribution in [1.29, 1.82) is 0 Å². The molecule has 366 valence electrons. The van der Waals surface area contributed by atoms with E-state index in [2.05, 4.69) is 106 Å². The third-order valence-electron chi connectivity index (χ3n) is 11.1.